The maximum Gasteiger partial charge on any atom is 0.0370 e. The highest BCUT2D eigenvalue weighted by atomic mass is 15.4. The summed E-state index contributed by atoms with van der Waals surface area (Å²) in [4.78, 5) is 2.62. The fourth-order valence-electron chi connectivity index (χ4n) is 2.23. The van der Waals surface area contributed by atoms with Gasteiger partial charge in [0.15, 0.2) is 0 Å². The predicted molar refractivity (Wildman–Crippen MR) is 27.0 cm³/mol. The second kappa shape index (κ2) is 0.576. The molecule has 3 unspecified atom stereocenters. The topological polar surface area (TPSA) is 3.01 Å². The van der Waals surface area contributed by atoms with Crippen LogP contribution in [0.1, 0.15) is 12.8 Å². The van der Waals surface area contributed by atoms with Gasteiger partial charge in [0.2, 0.25) is 0 Å². The Labute approximate surface area is 43.3 Å². The van der Waals surface area contributed by atoms with Gasteiger partial charge in [0.1, 0.15) is 0 Å². The molecule has 2 saturated heterocycles. The van der Waals surface area contributed by atoms with Crippen LogP contribution in [0, 0.1) is 5.92 Å². The van der Waals surface area contributed by atoms with Gasteiger partial charge in [-0.2, -0.15) is 0 Å². The van der Waals surface area contributed by atoms with Crippen molar-refractivity contribution in [3.8, 4) is 0 Å². The van der Waals surface area contributed by atoms with Gasteiger partial charge in [0.05, 0.1) is 0 Å². The summed E-state index contributed by atoms with van der Waals surface area (Å²) in [6.45, 7) is 2.88. The van der Waals surface area contributed by atoms with Crippen molar-refractivity contribution in [2.24, 2.45) is 5.92 Å². The Morgan fingerprint density at radius 3 is 2.71 bits per heavy atom. The zero-order valence-corrected chi connectivity index (χ0v) is 4.35. The third kappa shape index (κ3) is 0.177. The minimum Gasteiger partial charge on any atom is -0.294 e. The largest absolute Gasteiger partial charge is 0.294 e. The first-order chi connectivity index (χ1) is 3.42. The molecule has 38 valence electrons. The maximum absolute atomic E-state index is 2.62. The summed E-state index contributed by atoms with van der Waals surface area (Å²) in [5.41, 5.74) is 0.861. The molecule has 0 aromatic carbocycles. The van der Waals surface area contributed by atoms with E-state index in [-0.39, 0.29) is 0 Å². The zero-order valence-electron chi connectivity index (χ0n) is 4.35. The van der Waals surface area contributed by atoms with E-state index < -0.39 is 0 Å². The third-order valence-electron chi connectivity index (χ3n) is 2.94. The minimum absolute atomic E-state index is 0.861. The van der Waals surface area contributed by atoms with E-state index in [9.17, 15) is 0 Å². The molecule has 0 aromatic heterocycles. The van der Waals surface area contributed by atoms with Crippen LogP contribution in [-0.2, 0) is 0 Å². The van der Waals surface area contributed by atoms with E-state index in [0.29, 0.717) is 0 Å². The van der Waals surface area contributed by atoms with Crippen molar-refractivity contribution in [3.63, 3.8) is 0 Å². The van der Waals surface area contributed by atoms with Crippen molar-refractivity contribution < 1.29 is 0 Å². The van der Waals surface area contributed by atoms with E-state index in [0.717, 1.165) is 11.5 Å². The summed E-state index contributed by atoms with van der Waals surface area (Å²) in [5, 5.41) is 0. The van der Waals surface area contributed by atoms with Gasteiger partial charge >= 0.3 is 0 Å². The van der Waals surface area contributed by atoms with E-state index in [1.165, 1.54) is 19.5 Å². The summed E-state index contributed by atoms with van der Waals surface area (Å²) in [7, 11) is 0. The quantitative estimate of drug-likeness (QED) is 0.395. The van der Waals surface area contributed by atoms with Crippen LogP contribution < -0.4 is 0 Å². The van der Waals surface area contributed by atoms with E-state index in [1.807, 2.05) is 0 Å². The lowest BCUT2D eigenvalue weighted by atomic mass is 10.3. The average molecular weight is 95.1 g/mol. The molecule has 3 fully saturated rings. The molecule has 0 radical (unpaired) electrons. The fourth-order valence-corrected chi connectivity index (χ4v) is 2.23. The van der Waals surface area contributed by atoms with Crippen molar-refractivity contribution >= 4 is 0 Å². The molecule has 2 heterocycles. The molecule has 1 heteroatoms. The van der Waals surface area contributed by atoms with Crippen LogP contribution in [0.15, 0.2) is 0 Å². The standard InChI is InChI=1S/C6H9N/c1-2-7-4-6(7)3-5(1)6/h5H,1-4H2. The first kappa shape index (κ1) is 3.08. The van der Waals surface area contributed by atoms with Crippen LogP contribution in [-0.4, -0.2) is 23.5 Å². The molecular weight excluding hydrogens is 86.1 g/mol. The Morgan fingerprint density at radius 1 is 1.57 bits per heavy atom. The Kier molecular flexibility index (Phi) is 0.253. The summed E-state index contributed by atoms with van der Waals surface area (Å²) in [6, 6.07) is 0. The van der Waals surface area contributed by atoms with E-state index >= 15 is 0 Å². The molecule has 3 atom stereocenters. The van der Waals surface area contributed by atoms with Gasteiger partial charge in [-0.25, -0.2) is 0 Å². The third-order valence-corrected chi connectivity index (χ3v) is 2.94. The van der Waals surface area contributed by atoms with Gasteiger partial charge in [0.25, 0.3) is 0 Å². The zero-order chi connectivity index (χ0) is 4.48. The summed E-state index contributed by atoms with van der Waals surface area (Å²) in [6.07, 6.45) is 3.06. The molecule has 0 amide bonds. The summed E-state index contributed by atoms with van der Waals surface area (Å²) in [5.74, 6) is 1.16. The first-order valence-electron chi connectivity index (χ1n) is 3.17. The van der Waals surface area contributed by atoms with E-state index in [1.54, 1.807) is 6.42 Å². The molecule has 2 aliphatic heterocycles. The van der Waals surface area contributed by atoms with Crippen molar-refractivity contribution in [1.82, 2.24) is 4.90 Å². The van der Waals surface area contributed by atoms with Crippen LogP contribution in [0.2, 0.25) is 0 Å². The van der Waals surface area contributed by atoms with Gasteiger partial charge in [-0.3, -0.25) is 4.90 Å². The van der Waals surface area contributed by atoms with Crippen molar-refractivity contribution in [2.45, 2.75) is 18.4 Å². The number of rotatable bonds is 0. The second-order valence-electron chi connectivity index (χ2n) is 3.21. The van der Waals surface area contributed by atoms with Crippen LogP contribution >= 0.6 is 0 Å². The van der Waals surface area contributed by atoms with E-state index in [2.05, 4.69) is 4.90 Å². The number of piperidine rings is 2. The monoisotopic (exact) mass is 95.1 g/mol. The van der Waals surface area contributed by atoms with Gasteiger partial charge in [-0.1, -0.05) is 0 Å². The molecule has 1 aliphatic carbocycles. The molecule has 0 bridgehead atoms. The van der Waals surface area contributed by atoms with Gasteiger partial charge in [-0.15, -0.1) is 0 Å². The fraction of sp³-hybridized carbons (Fsp3) is 1.00. The van der Waals surface area contributed by atoms with Crippen molar-refractivity contribution in [1.29, 1.82) is 0 Å². The molecule has 1 spiro atoms. The number of nitrogens with zero attached hydrogens (tertiary/aromatic N) is 1. The molecule has 1 nitrogen and oxygen atoms in total. The van der Waals surface area contributed by atoms with Crippen LogP contribution in [0.4, 0.5) is 0 Å². The summed E-state index contributed by atoms with van der Waals surface area (Å²) >= 11 is 0. The lowest BCUT2D eigenvalue weighted by Crippen LogP contribution is -1.95. The minimum atomic E-state index is 0.861. The Hall–Kier alpha value is -0.0400. The number of hydrogen-bond acceptors (Lipinski definition) is 1. The highest BCUT2D eigenvalue weighted by molar-refractivity contribution is 5.28. The van der Waals surface area contributed by atoms with Crippen LogP contribution in [0.5, 0.6) is 0 Å². The average Bonchev–Trinajstić information content (AvgIpc) is 2.49. The predicted octanol–water partition coefficient (Wildman–Crippen LogP) is 0.464. The molecule has 3 rings (SSSR count). The Bertz CT molecular complexity index is 110. The highest BCUT2D eigenvalue weighted by Gasteiger charge is 2.72. The smallest absolute Gasteiger partial charge is 0.0370 e. The molecule has 0 N–H and O–H groups in total. The normalized spacial score (nSPS) is 72.0. The van der Waals surface area contributed by atoms with Gasteiger partial charge < -0.3 is 0 Å². The van der Waals surface area contributed by atoms with Crippen molar-refractivity contribution in [2.75, 3.05) is 13.1 Å². The van der Waals surface area contributed by atoms with Gasteiger partial charge in [-0.05, 0) is 25.3 Å². The summed E-state index contributed by atoms with van der Waals surface area (Å²) < 4.78 is 0. The maximum atomic E-state index is 2.62. The Balaban J connectivity index is 2.12. The molecule has 3 aliphatic rings. The van der Waals surface area contributed by atoms with E-state index in [4.69, 9.17) is 0 Å². The molecule has 1 saturated carbocycles. The Morgan fingerprint density at radius 2 is 2.57 bits per heavy atom. The lowest BCUT2D eigenvalue weighted by molar-refractivity contribution is 0.543. The SMILES string of the molecule is C1CN2CC23CC13. The highest BCUT2D eigenvalue weighted by Crippen LogP contribution is 2.65. The molecule has 7 heavy (non-hydrogen) atoms. The second-order valence-corrected chi connectivity index (χ2v) is 3.21. The van der Waals surface area contributed by atoms with Crippen molar-refractivity contribution in [3.05, 3.63) is 0 Å². The van der Waals surface area contributed by atoms with Crippen LogP contribution in [0.3, 0.4) is 0 Å². The lowest BCUT2D eigenvalue weighted by Gasteiger charge is -1.89. The number of hydrogen-bond donors (Lipinski definition) is 0. The van der Waals surface area contributed by atoms with Crippen LogP contribution in [0.25, 0.3) is 0 Å². The van der Waals surface area contributed by atoms with Gasteiger partial charge in [0, 0.05) is 12.1 Å². The first-order valence-corrected chi connectivity index (χ1v) is 3.17. The molecule has 0 aromatic rings. The molecular formula is C6H9N.